The van der Waals surface area contributed by atoms with Gasteiger partial charge in [0.15, 0.2) is 0 Å². The van der Waals surface area contributed by atoms with Gasteiger partial charge in [-0.25, -0.2) is 9.97 Å². The van der Waals surface area contributed by atoms with Crippen LogP contribution in [-0.2, 0) is 14.3 Å². The molecule has 1 aromatic heterocycles. The Labute approximate surface area is 155 Å². The lowest BCUT2D eigenvalue weighted by Crippen LogP contribution is -2.28. The van der Waals surface area contributed by atoms with E-state index >= 15 is 0 Å². The maximum Gasteiger partial charge on any atom is 0.305 e. The predicted octanol–water partition coefficient (Wildman–Crippen LogP) is 1.75. The molecule has 0 aliphatic heterocycles. The van der Waals surface area contributed by atoms with Crippen molar-refractivity contribution in [1.82, 2.24) is 15.3 Å². The van der Waals surface area contributed by atoms with Crippen LogP contribution in [0.4, 0.5) is 11.6 Å². The highest BCUT2D eigenvalue weighted by atomic mass is 16.5. The average molecular weight is 372 g/mol. The van der Waals surface area contributed by atoms with Crippen molar-refractivity contribution >= 4 is 29.5 Å². The molecule has 0 spiro atoms. The van der Waals surface area contributed by atoms with Gasteiger partial charge in [-0.1, -0.05) is 0 Å². The van der Waals surface area contributed by atoms with Crippen LogP contribution in [-0.4, -0.2) is 46.1 Å². The fourth-order valence-corrected chi connectivity index (χ4v) is 2.09. The lowest BCUT2D eigenvalue weighted by Gasteiger charge is -2.08. The summed E-state index contributed by atoms with van der Waals surface area (Å²) >= 11 is 0. The number of nitrogens with one attached hydrogen (secondary N) is 2. The Kier molecular flexibility index (Phi) is 7.70. The number of anilines is 2. The third-order valence-electron chi connectivity index (χ3n) is 3.39. The number of carboxylic acid groups (broad SMARTS) is 1. The summed E-state index contributed by atoms with van der Waals surface area (Å²) in [6.45, 7) is 0.198. The van der Waals surface area contributed by atoms with E-state index in [0.29, 0.717) is 11.5 Å². The van der Waals surface area contributed by atoms with E-state index in [4.69, 9.17) is 9.84 Å². The van der Waals surface area contributed by atoms with Crippen LogP contribution in [0.5, 0.6) is 0 Å². The summed E-state index contributed by atoms with van der Waals surface area (Å²) in [4.78, 5) is 41.9. The van der Waals surface area contributed by atoms with Crippen LogP contribution in [0.25, 0.3) is 0 Å². The van der Waals surface area contributed by atoms with Gasteiger partial charge in [0.25, 0.3) is 5.91 Å². The number of hydrogen-bond donors (Lipinski definition) is 3. The number of carboxylic acids is 1. The van der Waals surface area contributed by atoms with Crippen molar-refractivity contribution in [2.45, 2.75) is 19.3 Å². The second kappa shape index (κ2) is 10.5. The number of benzene rings is 1. The summed E-state index contributed by atoms with van der Waals surface area (Å²) in [7, 11) is 0. The first-order valence-corrected chi connectivity index (χ1v) is 8.34. The van der Waals surface area contributed by atoms with Crippen LogP contribution in [0.1, 0.15) is 29.6 Å². The molecule has 9 heteroatoms. The normalized spacial score (nSPS) is 10.1. The van der Waals surface area contributed by atoms with Crippen molar-refractivity contribution in [2.24, 2.45) is 0 Å². The molecule has 0 atom stereocenters. The highest BCUT2D eigenvalue weighted by molar-refractivity contribution is 5.94. The molecule has 27 heavy (non-hydrogen) atoms. The zero-order valence-corrected chi connectivity index (χ0v) is 14.6. The van der Waals surface area contributed by atoms with Crippen LogP contribution in [0, 0.1) is 0 Å². The van der Waals surface area contributed by atoms with E-state index in [-0.39, 0.29) is 38.3 Å². The standard InChI is InChI=1S/C18H20N4O5/c23-15(24)3-1-4-16(25)27-12-11-19-17(26)13-5-7-14(8-6-13)22-18-20-9-2-10-21-18/h2,5-10H,1,3-4,11-12H2,(H,19,26)(H,23,24)(H,20,21,22). The van der Waals surface area contributed by atoms with Gasteiger partial charge in [-0.15, -0.1) is 0 Å². The summed E-state index contributed by atoms with van der Waals surface area (Å²) in [5.41, 5.74) is 1.20. The van der Waals surface area contributed by atoms with E-state index in [1.54, 1.807) is 42.7 Å². The Morgan fingerprint density at radius 2 is 1.74 bits per heavy atom. The molecule has 1 aromatic carbocycles. The first-order chi connectivity index (χ1) is 13.0. The van der Waals surface area contributed by atoms with Crippen LogP contribution in [0.3, 0.4) is 0 Å². The average Bonchev–Trinajstić information content (AvgIpc) is 2.66. The van der Waals surface area contributed by atoms with Crippen molar-refractivity contribution in [2.75, 3.05) is 18.5 Å². The highest BCUT2D eigenvalue weighted by Gasteiger charge is 2.07. The molecule has 0 unspecified atom stereocenters. The van der Waals surface area contributed by atoms with Crippen molar-refractivity contribution in [3.05, 3.63) is 48.3 Å². The van der Waals surface area contributed by atoms with E-state index < -0.39 is 11.9 Å². The van der Waals surface area contributed by atoms with E-state index in [9.17, 15) is 14.4 Å². The van der Waals surface area contributed by atoms with Gasteiger partial charge in [-0.2, -0.15) is 0 Å². The summed E-state index contributed by atoms with van der Waals surface area (Å²) in [5.74, 6) is -1.27. The molecule has 2 aromatic rings. The molecule has 0 saturated carbocycles. The van der Waals surface area contributed by atoms with E-state index in [0.717, 1.165) is 5.69 Å². The number of aliphatic carboxylic acids is 1. The summed E-state index contributed by atoms with van der Waals surface area (Å²) in [6, 6.07) is 8.48. The van der Waals surface area contributed by atoms with Crippen molar-refractivity contribution in [3.8, 4) is 0 Å². The molecule has 0 radical (unpaired) electrons. The summed E-state index contributed by atoms with van der Waals surface area (Å²) in [6.07, 6.45) is 3.44. The fourth-order valence-electron chi connectivity index (χ4n) is 2.09. The number of carbonyl (C=O) groups excluding carboxylic acids is 2. The molecule has 9 nitrogen and oxygen atoms in total. The third-order valence-corrected chi connectivity index (χ3v) is 3.39. The van der Waals surface area contributed by atoms with Gasteiger partial charge in [0.05, 0.1) is 6.54 Å². The zero-order chi connectivity index (χ0) is 19.5. The van der Waals surface area contributed by atoms with Gasteiger partial charge in [0, 0.05) is 36.5 Å². The lowest BCUT2D eigenvalue weighted by atomic mass is 10.2. The number of hydrogen-bond acceptors (Lipinski definition) is 7. The minimum Gasteiger partial charge on any atom is -0.481 e. The van der Waals surface area contributed by atoms with E-state index in [2.05, 4.69) is 20.6 Å². The van der Waals surface area contributed by atoms with Gasteiger partial charge in [-0.3, -0.25) is 14.4 Å². The van der Waals surface area contributed by atoms with Crippen LogP contribution >= 0.6 is 0 Å². The summed E-state index contributed by atoms with van der Waals surface area (Å²) < 4.78 is 4.93. The van der Waals surface area contributed by atoms with E-state index in [1.165, 1.54) is 0 Å². The maximum atomic E-state index is 12.0. The van der Waals surface area contributed by atoms with Gasteiger partial charge in [0.2, 0.25) is 5.95 Å². The Balaban J connectivity index is 1.68. The molecule has 0 saturated heterocycles. The van der Waals surface area contributed by atoms with Gasteiger partial charge in [0.1, 0.15) is 6.61 Å². The molecule has 0 aliphatic carbocycles. The van der Waals surface area contributed by atoms with E-state index in [1.807, 2.05) is 0 Å². The quantitative estimate of drug-likeness (QED) is 0.425. The number of nitrogens with zero attached hydrogens (tertiary/aromatic N) is 2. The highest BCUT2D eigenvalue weighted by Crippen LogP contribution is 2.13. The molecule has 142 valence electrons. The van der Waals surface area contributed by atoms with Crippen LogP contribution in [0.15, 0.2) is 42.7 Å². The molecule has 0 fully saturated rings. The minimum atomic E-state index is -0.951. The summed E-state index contributed by atoms with van der Waals surface area (Å²) in [5, 5.41) is 14.1. The first-order valence-electron chi connectivity index (χ1n) is 8.34. The van der Waals surface area contributed by atoms with Crippen molar-refractivity contribution in [1.29, 1.82) is 0 Å². The van der Waals surface area contributed by atoms with Gasteiger partial charge < -0.3 is 20.5 Å². The monoisotopic (exact) mass is 372 g/mol. The molecular weight excluding hydrogens is 352 g/mol. The van der Waals surface area contributed by atoms with Crippen molar-refractivity contribution < 1.29 is 24.2 Å². The first kappa shape index (κ1) is 19.8. The smallest absolute Gasteiger partial charge is 0.305 e. The predicted molar refractivity (Wildman–Crippen MR) is 96.5 cm³/mol. The lowest BCUT2D eigenvalue weighted by molar-refractivity contribution is -0.143. The second-order valence-corrected chi connectivity index (χ2v) is 5.50. The number of carbonyl (C=O) groups is 3. The third kappa shape index (κ3) is 7.51. The zero-order valence-electron chi connectivity index (χ0n) is 14.6. The molecule has 1 amide bonds. The number of amides is 1. The maximum absolute atomic E-state index is 12.0. The topological polar surface area (TPSA) is 131 Å². The molecule has 0 bridgehead atoms. The van der Waals surface area contributed by atoms with Crippen LogP contribution < -0.4 is 10.6 Å². The Bertz CT molecular complexity index is 765. The number of aromatic nitrogens is 2. The Morgan fingerprint density at radius 1 is 1.04 bits per heavy atom. The molecule has 1 heterocycles. The number of esters is 1. The fraction of sp³-hybridized carbons (Fsp3) is 0.278. The molecule has 3 N–H and O–H groups in total. The number of ether oxygens (including phenoxy) is 1. The SMILES string of the molecule is O=C(O)CCCC(=O)OCCNC(=O)c1ccc(Nc2ncccn2)cc1. The van der Waals surface area contributed by atoms with Crippen molar-refractivity contribution in [3.63, 3.8) is 0 Å². The Hall–Kier alpha value is -3.49. The molecular formula is C18H20N4O5. The molecule has 2 rings (SSSR count). The van der Waals surface area contributed by atoms with Gasteiger partial charge in [-0.05, 0) is 36.8 Å². The second-order valence-electron chi connectivity index (χ2n) is 5.50. The Morgan fingerprint density at radius 3 is 2.41 bits per heavy atom. The number of rotatable bonds is 10. The largest absolute Gasteiger partial charge is 0.481 e. The minimum absolute atomic E-state index is 0.0304. The molecule has 0 aliphatic rings. The van der Waals surface area contributed by atoms with Crippen LogP contribution in [0.2, 0.25) is 0 Å². The van der Waals surface area contributed by atoms with Gasteiger partial charge >= 0.3 is 11.9 Å².